The molecule has 0 bridgehead atoms. The molecule has 2 aromatic heterocycles. The fourth-order valence-electron chi connectivity index (χ4n) is 4.14. The zero-order valence-electron chi connectivity index (χ0n) is 17.3. The van der Waals surface area contributed by atoms with Gasteiger partial charge in [-0.3, -0.25) is 4.79 Å². The van der Waals surface area contributed by atoms with Crippen LogP contribution in [-0.4, -0.2) is 18.1 Å². The van der Waals surface area contributed by atoms with Crippen LogP contribution in [0.3, 0.4) is 0 Å². The number of aromatic nitrogens is 1. The number of hydrogen-bond acceptors (Lipinski definition) is 4. The number of carbonyl (C=O) groups is 1. The van der Waals surface area contributed by atoms with Crippen LogP contribution in [0.4, 0.5) is 0 Å². The summed E-state index contributed by atoms with van der Waals surface area (Å²) in [7, 11) is 1.47. The Morgan fingerprint density at radius 2 is 1.83 bits per heavy atom. The molecule has 148 valence electrons. The molecule has 0 aliphatic heterocycles. The minimum absolute atomic E-state index is 0.191. The average molecular weight is 404 g/mol. The zero-order chi connectivity index (χ0) is 20.5. The minimum Gasteiger partial charge on any atom is -0.469 e. The average Bonchev–Trinajstić information content (AvgIpc) is 3.09. The molecule has 0 saturated heterocycles. The molecule has 4 rings (SSSR count). The molecule has 0 N–H and O–H groups in total. The van der Waals surface area contributed by atoms with Crippen molar-refractivity contribution in [1.29, 1.82) is 0 Å². The number of carbonyl (C=O) groups excluding carboxylic acids is 1. The van der Waals surface area contributed by atoms with E-state index < -0.39 is 0 Å². The number of ether oxygens (including phenoxy) is 1. The fourth-order valence-corrected chi connectivity index (χ4v) is 5.27. The van der Waals surface area contributed by atoms with Crippen LogP contribution in [0, 0.1) is 13.8 Å². The van der Waals surface area contributed by atoms with Crippen molar-refractivity contribution in [3.8, 4) is 11.1 Å². The first kappa shape index (κ1) is 19.6. The summed E-state index contributed by atoms with van der Waals surface area (Å²) in [4.78, 5) is 18.7. The van der Waals surface area contributed by atoms with Gasteiger partial charge in [-0.15, -0.1) is 11.3 Å². The van der Waals surface area contributed by atoms with Gasteiger partial charge in [0.1, 0.15) is 4.83 Å². The van der Waals surface area contributed by atoms with Crippen LogP contribution in [0.2, 0.25) is 0 Å². The predicted molar refractivity (Wildman–Crippen MR) is 122 cm³/mol. The van der Waals surface area contributed by atoms with Gasteiger partial charge in [0.25, 0.3) is 0 Å². The standard InChI is InChI=1S/C25H25NO2S/c1-5-8-19(25(27)28-4)21-16(3)26-24-23(18-9-6-7-10-20(18)29-24)22(21)17-13-11-15(2)12-14-17/h6-7,9-14,19H,5,8H2,1-4H3. The van der Waals surface area contributed by atoms with Gasteiger partial charge < -0.3 is 4.74 Å². The van der Waals surface area contributed by atoms with E-state index in [0.717, 1.165) is 45.4 Å². The van der Waals surface area contributed by atoms with Crippen LogP contribution in [0.15, 0.2) is 48.5 Å². The molecular weight excluding hydrogens is 378 g/mol. The monoisotopic (exact) mass is 403 g/mol. The van der Waals surface area contributed by atoms with Crippen molar-refractivity contribution in [1.82, 2.24) is 4.98 Å². The first-order valence-electron chi connectivity index (χ1n) is 10.0. The lowest BCUT2D eigenvalue weighted by Crippen LogP contribution is -2.17. The largest absolute Gasteiger partial charge is 0.469 e. The van der Waals surface area contributed by atoms with E-state index in [9.17, 15) is 4.79 Å². The maximum Gasteiger partial charge on any atom is 0.313 e. The van der Waals surface area contributed by atoms with E-state index in [1.165, 1.54) is 22.8 Å². The van der Waals surface area contributed by atoms with Gasteiger partial charge in [0.05, 0.1) is 13.0 Å². The Bertz CT molecular complexity index is 1190. The van der Waals surface area contributed by atoms with Gasteiger partial charge in [-0.1, -0.05) is 61.4 Å². The Hall–Kier alpha value is -2.72. The van der Waals surface area contributed by atoms with E-state index >= 15 is 0 Å². The first-order valence-corrected chi connectivity index (χ1v) is 10.8. The minimum atomic E-state index is -0.322. The lowest BCUT2D eigenvalue weighted by Gasteiger charge is -2.21. The van der Waals surface area contributed by atoms with Crippen molar-refractivity contribution < 1.29 is 9.53 Å². The van der Waals surface area contributed by atoms with Crippen molar-refractivity contribution in [2.75, 3.05) is 7.11 Å². The van der Waals surface area contributed by atoms with E-state index in [1.54, 1.807) is 11.3 Å². The van der Waals surface area contributed by atoms with E-state index in [-0.39, 0.29) is 11.9 Å². The number of esters is 1. The normalized spacial score (nSPS) is 12.4. The second-order valence-corrected chi connectivity index (χ2v) is 8.53. The number of pyridine rings is 1. The summed E-state index contributed by atoms with van der Waals surface area (Å²) in [6.07, 6.45) is 1.64. The van der Waals surface area contributed by atoms with Crippen LogP contribution in [-0.2, 0) is 9.53 Å². The van der Waals surface area contributed by atoms with Gasteiger partial charge in [-0.2, -0.15) is 0 Å². The maximum atomic E-state index is 12.8. The Morgan fingerprint density at radius 1 is 1.10 bits per heavy atom. The second kappa shape index (κ2) is 7.96. The SMILES string of the molecule is CCCC(C(=O)OC)c1c(C)nc2sc3ccccc3c2c1-c1ccc(C)cc1. The molecule has 4 aromatic rings. The third-order valence-electron chi connectivity index (χ3n) is 5.51. The highest BCUT2D eigenvalue weighted by Gasteiger charge is 2.29. The molecule has 2 aromatic carbocycles. The smallest absolute Gasteiger partial charge is 0.313 e. The summed E-state index contributed by atoms with van der Waals surface area (Å²) in [5.74, 6) is -0.513. The van der Waals surface area contributed by atoms with Gasteiger partial charge in [-0.05, 0) is 43.0 Å². The molecule has 3 nitrogen and oxygen atoms in total. The predicted octanol–water partition coefficient (Wildman–Crippen LogP) is 6.79. The Balaban J connectivity index is 2.15. The van der Waals surface area contributed by atoms with E-state index in [4.69, 9.17) is 9.72 Å². The van der Waals surface area contributed by atoms with Crippen molar-refractivity contribution in [3.05, 3.63) is 65.4 Å². The highest BCUT2D eigenvalue weighted by molar-refractivity contribution is 7.25. The number of fused-ring (bicyclic) bond motifs is 3. The first-order chi connectivity index (χ1) is 14.0. The van der Waals surface area contributed by atoms with Crippen molar-refractivity contribution >= 4 is 37.6 Å². The Labute approximate surface area is 175 Å². The van der Waals surface area contributed by atoms with Gasteiger partial charge in [0.15, 0.2) is 0 Å². The summed E-state index contributed by atoms with van der Waals surface area (Å²) in [6, 6.07) is 17.0. The molecule has 1 atom stereocenters. The molecule has 2 heterocycles. The van der Waals surface area contributed by atoms with Gasteiger partial charge in [-0.25, -0.2) is 4.98 Å². The quantitative estimate of drug-likeness (QED) is 0.344. The Kier molecular flexibility index (Phi) is 5.37. The molecule has 4 heteroatoms. The van der Waals surface area contributed by atoms with Gasteiger partial charge in [0, 0.05) is 21.2 Å². The molecule has 0 radical (unpaired) electrons. The summed E-state index contributed by atoms with van der Waals surface area (Å²) in [5, 5.41) is 2.33. The third-order valence-corrected chi connectivity index (χ3v) is 6.57. The molecule has 0 aliphatic rings. The van der Waals surface area contributed by atoms with Crippen LogP contribution in [0.5, 0.6) is 0 Å². The van der Waals surface area contributed by atoms with Crippen molar-refractivity contribution in [2.45, 2.75) is 39.5 Å². The van der Waals surface area contributed by atoms with Crippen LogP contribution in [0.25, 0.3) is 31.4 Å². The second-order valence-electron chi connectivity index (χ2n) is 7.49. The lowest BCUT2D eigenvalue weighted by molar-refractivity contribution is -0.142. The number of benzene rings is 2. The number of thiophene rings is 1. The zero-order valence-corrected chi connectivity index (χ0v) is 18.1. The molecule has 0 amide bonds. The third kappa shape index (κ3) is 3.42. The summed E-state index contributed by atoms with van der Waals surface area (Å²) in [6.45, 7) is 6.21. The maximum absolute atomic E-state index is 12.8. The fraction of sp³-hybridized carbons (Fsp3) is 0.280. The molecule has 29 heavy (non-hydrogen) atoms. The van der Waals surface area contributed by atoms with Gasteiger partial charge >= 0.3 is 5.97 Å². The molecule has 1 unspecified atom stereocenters. The van der Waals surface area contributed by atoms with Crippen LogP contribution < -0.4 is 0 Å². The van der Waals surface area contributed by atoms with E-state index in [2.05, 4.69) is 62.4 Å². The van der Waals surface area contributed by atoms with Crippen LogP contribution >= 0.6 is 11.3 Å². The molecule has 0 spiro atoms. The lowest BCUT2D eigenvalue weighted by atomic mass is 9.85. The molecule has 0 saturated carbocycles. The van der Waals surface area contributed by atoms with E-state index in [1.807, 2.05) is 6.92 Å². The molecule has 0 fully saturated rings. The van der Waals surface area contributed by atoms with Gasteiger partial charge in [0.2, 0.25) is 0 Å². The van der Waals surface area contributed by atoms with Crippen molar-refractivity contribution in [2.24, 2.45) is 0 Å². The summed E-state index contributed by atoms with van der Waals surface area (Å²) in [5.41, 5.74) is 5.36. The molecular formula is C25H25NO2S. The van der Waals surface area contributed by atoms with Crippen LogP contribution in [0.1, 0.15) is 42.5 Å². The topological polar surface area (TPSA) is 39.2 Å². The number of rotatable bonds is 5. The number of hydrogen-bond donors (Lipinski definition) is 0. The summed E-state index contributed by atoms with van der Waals surface area (Å²) >= 11 is 1.71. The molecule has 0 aliphatic carbocycles. The number of aryl methyl sites for hydroxylation is 2. The highest BCUT2D eigenvalue weighted by Crippen LogP contribution is 2.44. The summed E-state index contributed by atoms with van der Waals surface area (Å²) < 4.78 is 6.41. The number of nitrogens with zero attached hydrogens (tertiary/aromatic N) is 1. The Morgan fingerprint density at radius 3 is 2.52 bits per heavy atom. The number of methoxy groups -OCH3 is 1. The highest BCUT2D eigenvalue weighted by atomic mass is 32.1. The van der Waals surface area contributed by atoms with Crippen molar-refractivity contribution in [3.63, 3.8) is 0 Å². The van der Waals surface area contributed by atoms with E-state index in [0.29, 0.717) is 0 Å².